The molecule has 1 aliphatic rings. The van der Waals surface area contributed by atoms with Gasteiger partial charge in [-0.05, 0) is 44.0 Å². The summed E-state index contributed by atoms with van der Waals surface area (Å²) in [7, 11) is 0. The van der Waals surface area contributed by atoms with E-state index in [4.69, 9.17) is 30.3 Å². The maximum atomic E-state index is 15.3. The van der Waals surface area contributed by atoms with E-state index in [0.717, 1.165) is 0 Å². The van der Waals surface area contributed by atoms with Gasteiger partial charge in [-0.2, -0.15) is 13.2 Å². The topological polar surface area (TPSA) is 141 Å². The molecule has 44 heavy (non-hydrogen) atoms. The zero-order valence-electron chi connectivity index (χ0n) is 23.2. The molecule has 1 fully saturated rings. The molecule has 18 heteroatoms. The van der Waals surface area contributed by atoms with E-state index in [1.165, 1.54) is 18.0 Å². The molecule has 3 N–H and O–H groups in total. The monoisotopic (exact) mass is 667 g/mol. The van der Waals surface area contributed by atoms with E-state index in [2.05, 4.69) is 5.09 Å². The molecular weight excluding hydrogens is 640 g/mol. The number of rotatable bonds is 11. The molecule has 1 aliphatic heterocycles. The van der Waals surface area contributed by atoms with Crippen molar-refractivity contribution < 1.29 is 50.4 Å². The van der Waals surface area contributed by atoms with Crippen LogP contribution in [0.4, 0.5) is 22.0 Å². The molecule has 5 atom stereocenters. The number of carbonyl (C=O) groups is 1. The lowest BCUT2D eigenvalue weighted by Crippen LogP contribution is -2.54. The number of hydrogen-bond donors (Lipinski definition) is 3. The van der Waals surface area contributed by atoms with Crippen molar-refractivity contribution in [3.63, 3.8) is 0 Å². The third-order valence-electron chi connectivity index (χ3n) is 6.52. The number of H-pyrrole nitrogens is 1. The van der Waals surface area contributed by atoms with Crippen molar-refractivity contribution in [1.82, 2.24) is 14.6 Å². The summed E-state index contributed by atoms with van der Waals surface area (Å²) in [5.41, 5.74) is -6.74. The number of nitrogens with one attached hydrogen (secondary N) is 2. The van der Waals surface area contributed by atoms with Gasteiger partial charge in [-0.3, -0.25) is 19.1 Å². The number of aliphatic hydroxyl groups excluding tert-OH is 1. The first kappa shape index (κ1) is 33.7. The highest BCUT2D eigenvalue weighted by Crippen LogP contribution is 2.53. The molecule has 4 rings (SSSR count). The van der Waals surface area contributed by atoms with Crippen LogP contribution >= 0.6 is 6.64 Å². The van der Waals surface area contributed by atoms with Crippen molar-refractivity contribution in [2.75, 3.05) is 6.61 Å². The molecule has 1 unspecified atom stereocenters. The summed E-state index contributed by atoms with van der Waals surface area (Å²) >= 11 is 5.53. The Kier molecular flexibility index (Phi) is 9.68. The number of aromatic amines is 1. The summed E-state index contributed by atoms with van der Waals surface area (Å²) in [6, 6.07) is 10.3. The molecule has 0 aliphatic carbocycles. The molecular formula is C26H27F5N3O8PS. The SMILES string of the molecule is CC(C)OC(=O)[C@H](C)NP(=S)(OC[C@@]1(C(F)F)O[C@@H](n2cc(F)c(=O)[nH]c2=O)C(F)(F)[C@@H]1O)Oc1cccc2ccccc12. The standard InChI is InChI=1S/C26H27F5N3O8PS/c1-13(2)40-20(36)14(3)33-43(44,42-18-10-6-8-15-7-4-5-9-16(15)18)39-12-25(22(28)29)21(37)26(30,31)23(41-25)34-11-17(27)19(35)32-24(34)38/h4-11,13-14,21-23,37H,12H2,1-3H3,(H,33,44)(H,32,35,38)/t14-,21+,23+,25+,43?/m0/s1. The number of halogens is 5. The highest BCUT2D eigenvalue weighted by Gasteiger charge is 2.71. The van der Waals surface area contributed by atoms with Gasteiger partial charge in [0.2, 0.25) is 12.0 Å². The Hall–Kier alpha value is -3.21. The van der Waals surface area contributed by atoms with Crippen molar-refractivity contribution >= 4 is 35.2 Å². The second kappa shape index (κ2) is 12.7. The van der Waals surface area contributed by atoms with Gasteiger partial charge >= 0.3 is 24.2 Å². The summed E-state index contributed by atoms with van der Waals surface area (Å²) in [4.78, 5) is 37.5. The average molecular weight is 668 g/mol. The van der Waals surface area contributed by atoms with Crippen LogP contribution in [0.5, 0.6) is 5.75 Å². The summed E-state index contributed by atoms with van der Waals surface area (Å²) in [6.07, 6.45) is -10.8. The summed E-state index contributed by atoms with van der Waals surface area (Å²) < 4.78 is 95.0. The summed E-state index contributed by atoms with van der Waals surface area (Å²) in [5, 5.41) is 14.3. The Balaban J connectivity index is 1.72. The smallest absolute Gasteiger partial charge is 0.330 e. The third kappa shape index (κ3) is 6.57. The fraction of sp³-hybridized carbons (Fsp3) is 0.423. The quantitative estimate of drug-likeness (QED) is 0.158. The highest BCUT2D eigenvalue weighted by atomic mass is 32.5. The number of esters is 1. The number of aliphatic hydroxyl groups is 1. The van der Waals surface area contributed by atoms with E-state index in [-0.39, 0.29) is 16.5 Å². The number of nitrogens with zero attached hydrogens (tertiary/aromatic N) is 1. The van der Waals surface area contributed by atoms with E-state index in [0.29, 0.717) is 10.8 Å². The van der Waals surface area contributed by atoms with Crippen LogP contribution in [0.3, 0.4) is 0 Å². The molecule has 0 bridgehead atoms. The molecule has 2 heterocycles. The second-order valence-corrected chi connectivity index (χ2v) is 13.3. The van der Waals surface area contributed by atoms with Crippen LogP contribution in [0.25, 0.3) is 10.8 Å². The van der Waals surface area contributed by atoms with Gasteiger partial charge in [0.25, 0.3) is 12.0 Å². The van der Waals surface area contributed by atoms with Crippen LogP contribution < -0.4 is 20.9 Å². The number of fused-ring (bicyclic) bond motifs is 1. The maximum absolute atomic E-state index is 15.3. The van der Waals surface area contributed by atoms with E-state index in [1.807, 2.05) is 0 Å². The van der Waals surface area contributed by atoms with Gasteiger partial charge in [0.05, 0.1) is 18.9 Å². The van der Waals surface area contributed by atoms with Gasteiger partial charge in [-0.25, -0.2) is 18.7 Å². The minimum Gasteiger partial charge on any atom is -0.462 e. The number of hydrogen-bond acceptors (Lipinski definition) is 9. The number of alkyl halides is 4. The van der Waals surface area contributed by atoms with Crippen LogP contribution in [-0.2, 0) is 30.6 Å². The number of benzene rings is 2. The Morgan fingerprint density at radius 2 is 1.84 bits per heavy atom. The summed E-state index contributed by atoms with van der Waals surface area (Å²) in [6.45, 7) is -1.28. The molecule has 0 spiro atoms. The lowest BCUT2D eigenvalue weighted by molar-refractivity contribution is -0.192. The zero-order chi connectivity index (χ0) is 32.6. The molecule has 2 aromatic carbocycles. The number of carbonyl (C=O) groups excluding carboxylic acids is 1. The largest absolute Gasteiger partial charge is 0.462 e. The maximum Gasteiger partial charge on any atom is 0.330 e. The fourth-order valence-corrected chi connectivity index (χ4v) is 6.76. The first-order valence-electron chi connectivity index (χ1n) is 12.9. The summed E-state index contributed by atoms with van der Waals surface area (Å²) in [5.74, 6) is -7.09. The minimum absolute atomic E-state index is 0.0342. The van der Waals surface area contributed by atoms with Crippen LogP contribution in [0.15, 0.2) is 58.3 Å². The van der Waals surface area contributed by atoms with Crippen molar-refractivity contribution in [2.45, 2.75) is 63.2 Å². The van der Waals surface area contributed by atoms with Gasteiger partial charge in [0.15, 0.2) is 11.7 Å². The molecule has 1 saturated heterocycles. The van der Waals surface area contributed by atoms with Gasteiger partial charge < -0.3 is 23.6 Å². The molecule has 3 aromatic rings. The molecule has 0 saturated carbocycles. The molecule has 0 radical (unpaired) electrons. The molecule has 240 valence electrons. The van der Waals surface area contributed by atoms with Crippen molar-refractivity contribution in [1.29, 1.82) is 0 Å². The van der Waals surface area contributed by atoms with Gasteiger partial charge in [0.1, 0.15) is 11.8 Å². The number of ether oxygens (including phenoxy) is 2. The Labute approximate surface area is 251 Å². The van der Waals surface area contributed by atoms with Crippen LogP contribution in [-0.4, -0.2) is 63.4 Å². The lowest BCUT2D eigenvalue weighted by Gasteiger charge is -2.34. The molecule has 11 nitrogen and oxygen atoms in total. The predicted octanol–water partition coefficient (Wildman–Crippen LogP) is 3.61. The van der Waals surface area contributed by atoms with Crippen molar-refractivity contribution in [2.24, 2.45) is 0 Å². The van der Waals surface area contributed by atoms with Crippen LogP contribution in [0.2, 0.25) is 0 Å². The lowest BCUT2D eigenvalue weighted by atomic mass is 9.96. The normalized spacial score (nSPS) is 23.5. The first-order valence-corrected chi connectivity index (χ1v) is 15.6. The zero-order valence-corrected chi connectivity index (χ0v) is 24.9. The van der Waals surface area contributed by atoms with E-state index < -0.39 is 78.7 Å². The van der Waals surface area contributed by atoms with Gasteiger partial charge in [-0.1, -0.05) is 36.4 Å². The van der Waals surface area contributed by atoms with Crippen molar-refractivity contribution in [3.05, 3.63) is 75.3 Å². The van der Waals surface area contributed by atoms with Crippen LogP contribution in [0.1, 0.15) is 27.0 Å². The van der Waals surface area contributed by atoms with Gasteiger partial charge in [0, 0.05) is 5.39 Å². The van der Waals surface area contributed by atoms with E-state index in [9.17, 15) is 32.7 Å². The van der Waals surface area contributed by atoms with Crippen molar-refractivity contribution in [3.8, 4) is 5.75 Å². The van der Waals surface area contributed by atoms with E-state index in [1.54, 1.807) is 50.2 Å². The molecule has 0 amide bonds. The highest BCUT2D eigenvalue weighted by molar-refractivity contribution is 8.09. The first-order chi connectivity index (χ1) is 20.5. The number of aromatic nitrogens is 2. The van der Waals surface area contributed by atoms with E-state index >= 15 is 8.78 Å². The fourth-order valence-electron chi connectivity index (χ4n) is 4.34. The second-order valence-electron chi connectivity index (χ2n) is 10.1. The Morgan fingerprint density at radius 1 is 1.18 bits per heavy atom. The Morgan fingerprint density at radius 3 is 2.50 bits per heavy atom. The van der Waals surface area contributed by atoms with Gasteiger partial charge in [-0.15, -0.1) is 0 Å². The molecule has 1 aromatic heterocycles. The predicted molar refractivity (Wildman–Crippen MR) is 150 cm³/mol. The average Bonchev–Trinajstić information content (AvgIpc) is 3.15. The minimum atomic E-state index is -4.64. The third-order valence-corrected chi connectivity index (χ3v) is 8.99. The Bertz CT molecular complexity index is 1700. The van der Waals surface area contributed by atoms with Crippen LogP contribution in [0, 0.1) is 5.82 Å².